The van der Waals surface area contributed by atoms with E-state index in [-0.39, 0.29) is 35.1 Å². The molecule has 1 aliphatic heterocycles. The van der Waals surface area contributed by atoms with Crippen LogP contribution in [0.1, 0.15) is 48.2 Å². The van der Waals surface area contributed by atoms with Gasteiger partial charge in [-0.15, -0.1) is 11.8 Å². The second kappa shape index (κ2) is 11.8. The summed E-state index contributed by atoms with van der Waals surface area (Å²) in [6, 6.07) is 11.0. The van der Waals surface area contributed by atoms with Crippen molar-refractivity contribution in [3.8, 4) is 5.75 Å². The molecule has 0 radical (unpaired) electrons. The fraction of sp³-hybridized carbons (Fsp3) is 0.440. The fourth-order valence-electron chi connectivity index (χ4n) is 3.77. The van der Waals surface area contributed by atoms with Crippen molar-refractivity contribution in [3.63, 3.8) is 0 Å². The summed E-state index contributed by atoms with van der Waals surface area (Å²) in [5.74, 6) is -0.488. The number of halogens is 1. The number of hydrogen-bond donors (Lipinski definition) is 2. The summed E-state index contributed by atoms with van der Waals surface area (Å²) < 4.78 is 5.11. The predicted molar refractivity (Wildman–Crippen MR) is 132 cm³/mol. The molecule has 0 spiro atoms. The summed E-state index contributed by atoms with van der Waals surface area (Å²) in [7, 11) is 0. The molecule has 1 aliphatic rings. The molecule has 0 unspecified atom stereocenters. The van der Waals surface area contributed by atoms with Crippen LogP contribution in [0, 0.1) is 6.92 Å². The highest BCUT2D eigenvalue weighted by Crippen LogP contribution is 2.27. The van der Waals surface area contributed by atoms with Gasteiger partial charge in [0, 0.05) is 35.6 Å². The van der Waals surface area contributed by atoms with Crippen LogP contribution in [0.3, 0.4) is 0 Å². The van der Waals surface area contributed by atoms with Crippen molar-refractivity contribution in [1.29, 1.82) is 0 Å². The van der Waals surface area contributed by atoms with Gasteiger partial charge in [-0.2, -0.15) is 0 Å². The summed E-state index contributed by atoms with van der Waals surface area (Å²) in [6.45, 7) is 8.27. The zero-order chi connectivity index (χ0) is 24.0. The molecule has 6 nitrogen and oxygen atoms in total. The average Bonchev–Trinajstić information content (AvgIpc) is 2.76. The first kappa shape index (κ1) is 25.4. The number of nitrogens with zero attached hydrogens (tertiary/aromatic N) is 1. The Morgan fingerprint density at radius 2 is 1.94 bits per heavy atom. The molecule has 0 aliphatic carbocycles. The molecule has 2 aromatic carbocycles. The largest absolute Gasteiger partial charge is 0.507 e. The normalized spacial score (nSPS) is 14.9. The van der Waals surface area contributed by atoms with Crippen molar-refractivity contribution in [2.75, 3.05) is 18.8 Å². The topological polar surface area (TPSA) is 78.9 Å². The molecule has 0 saturated carbocycles. The van der Waals surface area contributed by atoms with Gasteiger partial charge in [-0.05, 0) is 69.0 Å². The van der Waals surface area contributed by atoms with Crippen LogP contribution in [-0.2, 0) is 16.1 Å². The van der Waals surface area contributed by atoms with Crippen LogP contribution < -0.4 is 5.32 Å². The van der Waals surface area contributed by atoms with Crippen molar-refractivity contribution in [3.05, 3.63) is 58.1 Å². The van der Waals surface area contributed by atoms with Gasteiger partial charge in [0.15, 0.2) is 0 Å². The lowest BCUT2D eigenvalue weighted by Crippen LogP contribution is -2.44. The highest BCUT2D eigenvalue weighted by atomic mass is 35.5. The van der Waals surface area contributed by atoms with Gasteiger partial charge < -0.3 is 15.2 Å². The van der Waals surface area contributed by atoms with Crippen molar-refractivity contribution in [2.24, 2.45) is 0 Å². The van der Waals surface area contributed by atoms with E-state index < -0.39 is 5.97 Å². The molecule has 1 heterocycles. The number of hydrogen-bond acceptors (Lipinski definition) is 6. The lowest BCUT2D eigenvalue weighted by Gasteiger charge is -2.32. The Kier molecular flexibility index (Phi) is 9.06. The number of benzene rings is 2. The summed E-state index contributed by atoms with van der Waals surface area (Å²) in [5, 5.41) is 14.0. The van der Waals surface area contributed by atoms with E-state index in [2.05, 4.69) is 22.3 Å². The molecular formula is C25H31ClN2O4S. The van der Waals surface area contributed by atoms with E-state index in [9.17, 15) is 14.7 Å². The number of amides is 1. The number of nitrogens with one attached hydrogen (secondary N) is 1. The number of thioether (sulfide) groups is 1. The quantitative estimate of drug-likeness (QED) is 0.409. The Balaban J connectivity index is 1.41. The maximum atomic E-state index is 12.4. The molecule has 33 heavy (non-hydrogen) atoms. The summed E-state index contributed by atoms with van der Waals surface area (Å²) in [5.41, 5.74) is 2.47. The van der Waals surface area contributed by atoms with E-state index in [0.29, 0.717) is 0 Å². The van der Waals surface area contributed by atoms with Crippen LogP contribution in [0.5, 0.6) is 5.75 Å². The van der Waals surface area contributed by atoms with Gasteiger partial charge in [0.05, 0.1) is 11.9 Å². The zero-order valence-electron chi connectivity index (χ0n) is 19.3. The Morgan fingerprint density at radius 1 is 1.21 bits per heavy atom. The minimum Gasteiger partial charge on any atom is -0.507 e. The van der Waals surface area contributed by atoms with Crippen LogP contribution in [0.4, 0.5) is 0 Å². The molecule has 0 bridgehead atoms. The van der Waals surface area contributed by atoms with Gasteiger partial charge in [-0.25, -0.2) is 4.79 Å². The number of phenolic OH excluding ortho intramolecular Hbond substituents is 1. The van der Waals surface area contributed by atoms with Gasteiger partial charge in [-0.3, -0.25) is 9.69 Å². The minimum absolute atomic E-state index is 0.0328. The van der Waals surface area contributed by atoms with Gasteiger partial charge in [0.1, 0.15) is 11.3 Å². The lowest BCUT2D eigenvalue weighted by atomic mass is 10.0. The Labute approximate surface area is 204 Å². The molecule has 178 valence electrons. The molecule has 2 aromatic rings. The van der Waals surface area contributed by atoms with E-state index in [1.54, 1.807) is 19.9 Å². The summed E-state index contributed by atoms with van der Waals surface area (Å²) in [4.78, 5) is 27.5. The number of aromatic hydroxyl groups is 1. The monoisotopic (exact) mass is 490 g/mol. The maximum Gasteiger partial charge on any atom is 0.342 e. The first-order valence-corrected chi connectivity index (χ1v) is 12.5. The van der Waals surface area contributed by atoms with Gasteiger partial charge >= 0.3 is 5.97 Å². The van der Waals surface area contributed by atoms with Crippen LogP contribution >= 0.6 is 23.4 Å². The smallest absolute Gasteiger partial charge is 0.342 e. The van der Waals surface area contributed by atoms with E-state index >= 15 is 0 Å². The highest BCUT2D eigenvalue weighted by Gasteiger charge is 2.21. The van der Waals surface area contributed by atoms with Gasteiger partial charge in [0.2, 0.25) is 5.91 Å². The lowest BCUT2D eigenvalue weighted by molar-refractivity contribution is -0.119. The molecule has 0 aromatic heterocycles. The number of likely N-dealkylation sites (tertiary alicyclic amines) is 1. The maximum absolute atomic E-state index is 12.4. The Hall–Kier alpha value is -2.22. The van der Waals surface area contributed by atoms with Crippen molar-refractivity contribution in [2.45, 2.75) is 57.2 Å². The van der Waals surface area contributed by atoms with Crippen LogP contribution in [0.15, 0.2) is 41.3 Å². The Morgan fingerprint density at radius 3 is 2.58 bits per heavy atom. The van der Waals surface area contributed by atoms with Crippen molar-refractivity contribution >= 4 is 35.2 Å². The third kappa shape index (κ3) is 7.66. The van der Waals surface area contributed by atoms with E-state index in [1.165, 1.54) is 29.5 Å². The number of piperidine rings is 1. The molecule has 1 saturated heterocycles. The number of aryl methyl sites for hydroxylation is 1. The molecular weight excluding hydrogens is 460 g/mol. The minimum atomic E-state index is -0.561. The second-order valence-corrected chi connectivity index (χ2v) is 10.1. The third-order valence-corrected chi connectivity index (χ3v) is 6.90. The fourth-order valence-corrected chi connectivity index (χ4v) is 4.63. The summed E-state index contributed by atoms with van der Waals surface area (Å²) >= 11 is 7.44. The number of esters is 1. The first-order valence-electron chi connectivity index (χ1n) is 11.1. The number of phenols is 1. The van der Waals surface area contributed by atoms with Gasteiger partial charge in [-0.1, -0.05) is 23.7 Å². The molecule has 3 rings (SSSR count). The Bertz CT molecular complexity index is 990. The zero-order valence-corrected chi connectivity index (χ0v) is 20.8. The van der Waals surface area contributed by atoms with Crippen molar-refractivity contribution < 1.29 is 19.4 Å². The van der Waals surface area contributed by atoms with Crippen LogP contribution in [0.2, 0.25) is 5.02 Å². The average molecular weight is 491 g/mol. The van der Waals surface area contributed by atoms with Gasteiger partial charge in [0.25, 0.3) is 0 Å². The second-order valence-electron chi connectivity index (χ2n) is 8.62. The van der Waals surface area contributed by atoms with Crippen LogP contribution in [-0.4, -0.2) is 52.9 Å². The summed E-state index contributed by atoms with van der Waals surface area (Å²) in [6.07, 6.45) is 1.57. The standard InChI is InChI=1S/C25H31ClN2O4S/c1-16(2)32-25(31)21-6-5-20(13-23(21)29)33-15-24(30)27-19-8-10-28(11-9-19)14-18-4-7-22(26)17(3)12-18/h4-7,12-13,16,19,29H,8-11,14-15H2,1-3H3,(H,27,30). The number of carbonyl (C=O) groups excluding carboxylic acids is 2. The highest BCUT2D eigenvalue weighted by molar-refractivity contribution is 8.00. The number of rotatable bonds is 8. The SMILES string of the molecule is Cc1cc(CN2CCC(NC(=O)CSc3ccc(C(=O)OC(C)C)c(O)c3)CC2)ccc1Cl. The molecule has 1 amide bonds. The number of carbonyl (C=O) groups is 2. The molecule has 2 N–H and O–H groups in total. The first-order chi connectivity index (χ1) is 15.7. The molecule has 8 heteroatoms. The number of ether oxygens (including phenoxy) is 1. The molecule has 1 fully saturated rings. The third-order valence-electron chi connectivity index (χ3n) is 5.48. The van der Waals surface area contributed by atoms with E-state index in [4.69, 9.17) is 16.3 Å². The van der Waals surface area contributed by atoms with E-state index in [0.717, 1.165) is 48.0 Å². The van der Waals surface area contributed by atoms with Crippen LogP contribution in [0.25, 0.3) is 0 Å². The molecule has 0 atom stereocenters. The predicted octanol–water partition coefficient (Wildman–Crippen LogP) is 4.79. The van der Waals surface area contributed by atoms with E-state index in [1.807, 2.05) is 13.0 Å². The van der Waals surface area contributed by atoms with Crippen molar-refractivity contribution in [1.82, 2.24) is 10.2 Å².